The molecule has 0 aliphatic rings. The molecular formula is C42H74O4. The van der Waals surface area contributed by atoms with Gasteiger partial charge in [0.2, 0.25) is 0 Å². The van der Waals surface area contributed by atoms with Gasteiger partial charge in [-0.1, -0.05) is 171 Å². The van der Waals surface area contributed by atoms with Crippen molar-refractivity contribution >= 4 is 5.97 Å². The SMILES string of the molecule is CC/C=C\C/C=C\C/C=C\C/C=C\C/C=C\CCCCCCCC(=O)OC(CO)COCCCCCCCCCCCCCCC. The largest absolute Gasteiger partial charge is 0.457 e. The highest BCUT2D eigenvalue weighted by molar-refractivity contribution is 5.69. The Morgan fingerprint density at radius 2 is 0.978 bits per heavy atom. The Balaban J connectivity index is 3.52. The number of esters is 1. The van der Waals surface area contributed by atoms with E-state index in [1.165, 1.54) is 89.9 Å². The number of hydrogen-bond donors (Lipinski definition) is 1. The molecule has 4 heteroatoms. The molecule has 0 saturated heterocycles. The van der Waals surface area contributed by atoms with Gasteiger partial charge in [0.1, 0.15) is 6.10 Å². The number of unbranched alkanes of at least 4 members (excludes halogenated alkanes) is 17. The maximum atomic E-state index is 12.2. The minimum absolute atomic E-state index is 0.180. The molecule has 0 spiro atoms. The Kier molecular flexibility index (Phi) is 37.6. The highest BCUT2D eigenvalue weighted by atomic mass is 16.6. The van der Waals surface area contributed by atoms with E-state index >= 15 is 0 Å². The second-order valence-corrected chi connectivity index (χ2v) is 12.6. The molecule has 0 bridgehead atoms. The third-order valence-corrected chi connectivity index (χ3v) is 8.11. The summed E-state index contributed by atoms with van der Waals surface area (Å²) in [6.07, 6.45) is 51.2. The van der Waals surface area contributed by atoms with Crippen LogP contribution in [0.15, 0.2) is 60.8 Å². The van der Waals surface area contributed by atoms with E-state index in [0.29, 0.717) is 13.0 Å². The summed E-state index contributed by atoms with van der Waals surface area (Å²) in [5, 5.41) is 9.56. The van der Waals surface area contributed by atoms with Gasteiger partial charge in [-0.2, -0.15) is 0 Å². The average Bonchev–Trinajstić information content (AvgIpc) is 3.06. The van der Waals surface area contributed by atoms with E-state index in [-0.39, 0.29) is 19.2 Å². The Hall–Kier alpha value is -1.91. The quantitative estimate of drug-likeness (QED) is 0.0424. The summed E-state index contributed by atoms with van der Waals surface area (Å²) < 4.78 is 11.1. The fraction of sp³-hybridized carbons (Fsp3) is 0.738. The molecule has 0 aromatic rings. The number of aliphatic hydroxyl groups excluding tert-OH is 1. The summed E-state index contributed by atoms with van der Waals surface area (Å²) in [6, 6.07) is 0. The summed E-state index contributed by atoms with van der Waals surface area (Å²) in [7, 11) is 0. The highest BCUT2D eigenvalue weighted by Gasteiger charge is 2.13. The second-order valence-electron chi connectivity index (χ2n) is 12.6. The Morgan fingerprint density at radius 1 is 0.543 bits per heavy atom. The van der Waals surface area contributed by atoms with Crippen molar-refractivity contribution in [2.45, 2.75) is 180 Å². The van der Waals surface area contributed by atoms with Crippen LogP contribution in [0, 0.1) is 0 Å². The second kappa shape index (κ2) is 39.3. The summed E-state index contributed by atoms with van der Waals surface area (Å²) in [5.41, 5.74) is 0. The predicted molar refractivity (Wildman–Crippen MR) is 200 cm³/mol. The van der Waals surface area contributed by atoms with Gasteiger partial charge in [0, 0.05) is 13.0 Å². The van der Waals surface area contributed by atoms with Crippen LogP contribution in [0.1, 0.15) is 174 Å². The van der Waals surface area contributed by atoms with E-state index in [2.05, 4.69) is 74.6 Å². The fourth-order valence-electron chi connectivity index (χ4n) is 5.24. The van der Waals surface area contributed by atoms with Gasteiger partial charge in [0.25, 0.3) is 0 Å². The number of carbonyl (C=O) groups is 1. The molecule has 0 amide bonds. The smallest absolute Gasteiger partial charge is 0.306 e. The van der Waals surface area contributed by atoms with Crippen molar-refractivity contribution in [3.8, 4) is 0 Å². The van der Waals surface area contributed by atoms with E-state index in [0.717, 1.165) is 64.2 Å². The van der Waals surface area contributed by atoms with Crippen molar-refractivity contribution in [2.75, 3.05) is 19.8 Å². The third kappa shape index (κ3) is 36.6. The van der Waals surface area contributed by atoms with E-state index in [4.69, 9.17) is 9.47 Å². The molecule has 0 aliphatic heterocycles. The minimum Gasteiger partial charge on any atom is -0.457 e. The molecule has 1 atom stereocenters. The van der Waals surface area contributed by atoms with Crippen molar-refractivity contribution in [3.63, 3.8) is 0 Å². The van der Waals surface area contributed by atoms with Gasteiger partial charge in [-0.3, -0.25) is 4.79 Å². The fourth-order valence-corrected chi connectivity index (χ4v) is 5.24. The van der Waals surface area contributed by atoms with E-state index in [1.807, 2.05) is 0 Å². The first kappa shape index (κ1) is 44.1. The molecule has 0 fully saturated rings. The van der Waals surface area contributed by atoms with E-state index in [1.54, 1.807) is 0 Å². The third-order valence-electron chi connectivity index (χ3n) is 8.11. The molecular weight excluding hydrogens is 568 g/mol. The maximum absolute atomic E-state index is 12.2. The molecule has 1 unspecified atom stereocenters. The lowest BCUT2D eigenvalue weighted by Crippen LogP contribution is -2.27. The normalized spacial score (nSPS) is 13.0. The standard InChI is InChI=1S/C42H74O4/c1-3-5-7-9-11-13-15-17-18-19-20-21-22-23-24-25-27-29-31-33-35-37-42(44)46-41(39-43)40-45-38-36-34-32-30-28-26-16-14-12-10-8-6-4-2/h5,7,11,13,17-18,20-21,23-24,41,43H,3-4,6,8-10,12,14-16,19,22,25-40H2,1-2H3/b7-5-,13-11-,18-17-,21-20-,24-23-. The molecule has 0 aromatic heterocycles. The van der Waals surface area contributed by atoms with Gasteiger partial charge in [0.15, 0.2) is 0 Å². The summed E-state index contributed by atoms with van der Waals surface area (Å²) in [4.78, 5) is 12.2. The number of carbonyl (C=O) groups excluding carboxylic acids is 1. The molecule has 4 nitrogen and oxygen atoms in total. The van der Waals surface area contributed by atoms with Crippen molar-refractivity contribution in [2.24, 2.45) is 0 Å². The van der Waals surface area contributed by atoms with Gasteiger partial charge in [-0.05, 0) is 57.8 Å². The van der Waals surface area contributed by atoms with E-state index < -0.39 is 6.10 Å². The maximum Gasteiger partial charge on any atom is 0.306 e. The average molecular weight is 643 g/mol. The lowest BCUT2D eigenvalue weighted by Gasteiger charge is -2.15. The number of ether oxygens (including phenoxy) is 2. The monoisotopic (exact) mass is 643 g/mol. The van der Waals surface area contributed by atoms with Crippen molar-refractivity contribution < 1.29 is 19.4 Å². The topological polar surface area (TPSA) is 55.8 Å². The first-order valence-corrected chi connectivity index (χ1v) is 19.4. The molecule has 0 heterocycles. The molecule has 1 N–H and O–H groups in total. The number of rotatable bonds is 35. The summed E-state index contributed by atoms with van der Waals surface area (Å²) in [6.45, 7) is 5.21. The van der Waals surface area contributed by atoms with Crippen LogP contribution in [0.5, 0.6) is 0 Å². The lowest BCUT2D eigenvalue weighted by atomic mass is 10.0. The minimum atomic E-state index is -0.544. The van der Waals surface area contributed by atoms with Crippen LogP contribution in [0.2, 0.25) is 0 Å². The van der Waals surface area contributed by atoms with Gasteiger partial charge < -0.3 is 14.6 Å². The Bertz CT molecular complexity index is 764. The molecule has 266 valence electrons. The number of aliphatic hydroxyl groups is 1. The zero-order chi connectivity index (χ0) is 33.4. The molecule has 0 aromatic carbocycles. The van der Waals surface area contributed by atoms with Crippen molar-refractivity contribution in [1.29, 1.82) is 0 Å². The first-order valence-electron chi connectivity index (χ1n) is 19.4. The highest BCUT2D eigenvalue weighted by Crippen LogP contribution is 2.13. The zero-order valence-corrected chi connectivity index (χ0v) is 30.3. The predicted octanol–water partition coefficient (Wildman–Crippen LogP) is 12.5. The Labute approximate surface area is 285 Å². The first-order chi connectivity index (χ1) is 22.7. The molecule has 46 heavy (non-hydrogen) atoms. The van der Waals surface area contributed by atoms with Crippen LogP contribution in [-0.2, 0) is 14.3 Å². The lowest BCUT2D eigenvalue weighted by molar-refractivity contribution is -0.154. The molecule has 0 aliphatic carbocycles. The van der Waals surface area contributed by atoms with Crippen LogP contribution in [0.3, 0.4) is 0 Å². The molecule has 0 radical (unpaired) electrons. The van der Waals surface area contributed by atoms with Crippen LogP contribution in [0.4, 0.5) is 0 Å². The van der Waals surface area contributed by atoms with Crippen molar-refractivity contribution in [3.05, 3.63) is 60.8 Å². The number of hydrogen-bond acceptors (Lipinski definition) is 4. The van der Waals surface area contributed by atoms with Gasteiger partial charge in [-0.25, -0.2) is 0 Å². The molecule has 0 rings (SSSR count). The summed E-state index contributed by atoms with van der Waals surface area (Å²) >= 11 is 0. The van der Waals surface area contributed by atoms with Crippen LogP contribution in [0.25, 0.3) is 0 Å². The van der Waals surface area contributed by atoms with Gasteiger partial charge in [0.05, 0.1) is 13.2 Å². The van der Waals surface area contributed by atoms with Crippen LogP contribution in [-0.4, -0.2) is 37.0 Å². The van der Waals surface area contributed by atoms with Gasteiger partial charge >= 0.3 is 5.97 Å². The number of allylic oxidation sites excluding steroid dienone is 10. The Morgan fingerprint density at radius 3 is 1.48 bits per heavy atom. The van der Waals surface area contributed by atoms with E-state index in [9.17, 15) is 9.90 Å². The van der Waals surface area contributed by atoms with Crippen LogP contribution >= 0.6 is 0 Å². The molecule has 0 saturated carbocycles. The zero-order valence-electron chi connectivity index (χ0n) is 30.3. The summed E-state index contributed by atoms with van der Waals surface area (Å²) in [5.74, 6) is -0.220. The van der Waals surface area contributed by atoms with Crippen LogP contribution < -0.4 is 0 Å². The van der Waals surface area contributed by atoms with Gasteiger partial charge in [-0.15, -0.1) is 0 Å². The van der Waals surface area contributed by atoms with Crippen molar-refractivity contribution in [1.82, 2.24) is 0 Å².